The normalized spacial score (nSPS) is 28.6. The van der Waals surface area contributed by atoms with Crippen LogP contribution < -0.4 is 5.73 Å². The first-order chi connectivity index (χ1) is 17.0. The van der Waals surface area contributed by atoms with Gasteiger partial charge in [0.2, 0.25) is 5.78 Å². The van der Waals surface area contributed by atoms with Crippen LogP contribution in [0.1, 0.15) is 23.1 Å². The number of aliphatic hydroxyl groups is 4. The van der Waals surface area contributed by atoms with Crippen LogP contribution in [-0.2, 0) is 14.4 Å². The number of nitrogens with two attached hydrogens (primary N) is 1. The average Bonchev–Trinajstić information content (AvgIpc) is 2.82. The van der Waals surface area contributed by atoms with Gasteiger partial charge in [0.15, 0.2) is 11.4 Å². The fourth-order valence-electron chi connectivity index (χ4n) is 5.43. The summed E-state index contributed by atoms with van der Waals surface area (Å²) in [5.74, 6) is -9.43. The Kier molecular flexibility index (Phi) is 5.13. The van der Waals surface area contributed by atoms with Crippen molar-refractivity contribution in [2.45, 2.75) is 18.1 Å². The lowest BCUT2D eigenvalue weighted by Gasteiger charge is -2.49. The molecule has 1 saturated carbocycles. The molecule has 2 aromatic carbocycles. The molecule has 0 spiro atoms. The number of halogens is 1. The fourth-order valence-corrected chi connectivity index (χ4v) is 5.43. The van der Waals surface area contributed by atoms with E-state index in [-0.39, 0.29) is 16.7 Å². The zero-order chi connectivity index (χ0) is 26.1. The van der Waals surface area contributed by atoms with Crippen molar-refractivity contribution in [2.75, 3.05) is 0 Å². The third kappa shape index (κ3) is 3.05. The molecule has 4 atom stereocenters. The molecule has 0 bridgehead atoms. The van der Waals surface area contributed by atoms with Gasteiger partial charge in [-0.3, -0.25) is 14.4 Å². The van der Waals surface area contributed by atoms with Gasteiger partial charge in [-0.2, -0.15) is 0 Å². The number of phenolic OH excluding ortho intramolecular Hbond substituents is 1. The lowest BCUT2D eigenvalue weighted by molar-refractivity contribution is -0.157. The topological polar surface area (TPSA) is 178 Å². The second-order valence-electron chi connectivity index (χ2n) is 9.00. The number of carbonyl (C=O) groups excluding carboxylic acids is 3. The number of primary amides is 1. The Balaban J connectivity index is 1.81. The Labute approximate surface area is 202 Å². The highest BCUT2D eigenvalue weighted by molar-refractivity contribution is 6.23. The van der Waals surface area contributed by atoms with E-state index in [2.05, 4.69) is 0 Å². The van der Waals surface area contributed by atoms with Crippen molar-refractivity contribution < 1.29 is 44.3 Å². The number of Topliss-reactive ketones (excluding diaryl/α,β-unsaturated/α-hetero) is 2. The van der Waals surface area contributed by atoms with E-state index >= 15 is 0 Å². The molecule has 10 heteroatoms. The molecule has 0 aromatic heterocycles. The highest BCUT2D eigenvalue weighted by Crippen LogP contribution is 2.55. The number of ketones is 2. The molecular formula is C26H20FNO8. The van der Waals surface area contributed by atoms with Crippen molar-refractivity contribution in [2.24, 2.45) is 17.6 Å². The van der Waals surface area contributed by atoms with Crippen molar-refractivity contribution in [3.05, 3.63) is 81.9 Å². The van der Waals surface area contributed by atoms with Crippen LogP contribution in [0.2, 0.25) is 0 Å². The van der Waals surface area contributed by atoms with Crippen molar-refractivity contribution >= 4 is 34.9 Å². The maximum absolute atomic E-state index is 13.7. The predicted molar refractivity (Wildman–Crippen MR) is 123 cm³/mol. The Hall–Kier alpha value is -4.28. The van der Waals surface area contributed by atoms with Crippen molar-refractivity contribution in [1.82, 2.24) is 0 Å². The standard InChI is InChI=1S/C26H20FNO8/c27-11-6-4-10(5-7-11)8-13-12-2-1-3-15(29)17(12)22(32)20-18(13)21(31)14-9-16(30)19(25(28)35)23(33)26(14,36)24(20)34/h1-8,14,18,21,29,31-33,36H,9H2,(H2,28,35)/b13-8+. The van der Waals surface area contributed by atoms with Gasteiger partial charge in [0.1, 0.15) is 28.7 Å². The largest absolute Gasteiger partial charge is 0.508 e. The summed E-state index contributed by atoms with van der Waals surface area (Å²) in [7, 11) is 0. The molecule has 0 radical (unpaired) electrons. The summed E-state index contributed by atoms with van der Waals surface area (Å²) < 4.78 is 13.5. The molecule has 3 aliphatic carbocycles. The number of hydrogen-bond donors (Lipinski definition) is 6. The SMILES string of the molecule is NC(=O)C1=C(O)C2(O)C(=O)C3=C(O)c4c(O)cccc4/C(=C\c4ccc(F)cc4)C3C(O)C2CC1=O. The Morgan fingerprint density at radius 3 is 2.39 bits per heavy atom. The van der Waals surface area contributed by atoms with Gasteiger partial charge in [0.05, 0.1) is 17.2 Å². The minimum atomic E-state index is -2.93. The van der Waals surface area contributed by atoms with Crippen LogP contribution in [0.25, 0.3) is 17.4 Å². The van der Waals surface area contributed by atoms with Gasteiger partial charge in [0.25, 0.3) is 5.91 Å². The van der Waals surface area contributed by atoms with E-state index in [0.29, 0.717) is 5.56 Å². The lowest BCUT2D eigenvalue weighted by Crippen LogP contribution is -2.63. The number of fused-ring (bicyclic) bond motifs is 3. The second-order valence-corrected chi connectivity index (χ2v) is 9.00. The molecule has 7 N–H and O–H groups in total. The maximum atomic E-state index is 13.7. The van der Waals surface area contributed by atoms with Crippen LogP contribution >= 0.6 is 0 Å². The molecule has 1 fully saturated rings. The molecule has 1 amide bonds. The van der Waals surface area contributed by atoms with Gasteiger partial charge in [-0.25, -0.2) is 4.39 Å². The third-order valence-electron chi connectivity index (χ3n) is 7.09. The van der Waals surface area contributed by atoms with E-state index in [1.54, 1.807) is 0 Å². The molecule has 184 valence electrons. The lowest BCUT2D eigenvalue weighted by atomic mass is 9.56. The van der Waals surface area contributed by atoms with Crippen LogP contribution in [0.5, 0.6) is 5.75 Å². The number of phenols is 1. The van der Waals surface area contributed by atoms with Gasteiger partial charge in [-0.15, -0.1) is 0 Å². The van der Waals surface area contributed by atoms with E-state index in [1.807, 2.05) is 0 Å². The summed E-state index contributed by atoms with van der Waals surface area (Å²) in [5.41, 5.74) is 1.53. The number of aliphatic hydroxyl groups excluding tert-OH is 3. The number of benzene rings is 2. The van der Waals surface area contributed by atoms with Crippen molar-refractivity contribution in [3.8, 4) is 5.75 Å². The van der Waals surface area contributed by atoms with Crippen LogP contribution in [0, 0.1) is 17.7 Å². The second kappa shape index (κ2) is 7.87. The summed E-state index contributed by atoms with van der Waals surface area (Å²) in [6.45, 7) is 0. The molecular weight excluding hydrogens is 473 g/mol. The highest BCUT2D eigenvalue weighted by atomic mass is 19.1. The maximum Gasteiger partial charge on any atom is 0.255 e. The molecule has 3 aliphatic rings. The molecule has 4 unspecified atom stereocenters. The van der Waals surface area contributed by atoms with Gasteiger partial charge >= 0.3 is 0 Å². The van der Waals surface area contributed by atoms with Gasteiger partial charge in [-0.1, -0.05) is 30.3 Å². The minimum Gasteiger partial charge on any atom is -0.508 e. The van der Waals surface area contributed by atoms with E-state index in [4.69, 9.17) is 5.73 Å². The quantitative estimate of drug-likeness (QED) is 0.341. The van der Waals surface area contributed by atoms with Crippen molar-refractivity contribution in [1.29, 1.82) is 0 Å². The Bertz CT molecular complexity index is 1450. The van der Waals surface area contributed by atoms with E-state index in [9.17, 15) is 44.3 Å². The molecule has 0 heterocycles. The molecule has 36 heavy (non-hydrogen) atoms. The average molecular weight is 493 g/mol. The zero-order valence-corrected chi connectivity index (χ0v) is 18.5. The number of rotatable bonds is 2. The first-order valence-electron chi connectivity index (χ1n) is 10.9. The summed E-state index contributed by atoms with van der Waals surface area (Å²) >= 11 is 0. The first kappa shape index (κ1) is 23.5. The van der Waals surface area contributed by atoms with E-state index in [1.165, 1.54) is 48.5 Å². The Morgan fingerprint density at radius 1 is 1.08 bits per heavy atom. The Morgan fingerprint density at radius 2 is 1.75 bits per heavy atom. The minimum absolute atomic E-state index is 0.162. The fraction of sp³-hybridized carbons (Fsp3) is 0.192. The molecule has 5 rings (SSSR count). The van der Waals surface area contributed by atoms with Crippen LogP contribution in [-0.4, -0.2) is 54.7 Å². The molecule has 0 aliphatic heterocycles. The van der Waals surface area contributed by atoms with Crippen molar-refractivity contribution in [3.63, 3.8) is 0 Å². The smallest absolute Gasteiger partial charge is 0.255 e. The third-order valence-corrected chi connectivity index (χ3v) is 7.09. The van der Waals surface area contributed by atoms with E-state index in [0.717, 1.165) is 0 Å². The molecule has 2 aromatic rings. The monoisotopic (exact) mass is 493 g/mol. The predicted octanol–water partition coefficient (Wildman–Crippen LogP) is 1.53. The number of carbonyl (C=O) groups is 3. The van der Waals surface area contributed by atoms with Gasteiger partial charge in [-0.05, 0) is 34.9 Å². The summed E-state index contributed by atoms with van der Waals surface area (Å²) in [5, 5.41) is 55.1. The summed E-state index contributed by atoms with van der Waals surface area (Å²) in [6, 6.07) is 9.54. The van der Waals surface area contributed by atoms with Gasteiger partial charge < -0.3 is 31.3 Å². The van der Waals surface area contributed by atoms with Crippen LogP contribution in [0.4, 0.5) is 4.39 Å². The summed E-state index contributed by atoms with van der Waals surface area (Å²) in [6.07, 6.45) is -0.884. The number of hydrogen-bond acceptors (Lipinski definition) is 8. The summed E-state index contributed by atoms with van der Waals surface area (Å²) in [4.78, 5) is 38.1. The van der Waals surface area contributed by atoms with Crippen LogP contribution in [0.15, 0.2) is 59.4 Å². The van der Waals surface area contributed by atoms with Gasteiger partial charge in [0, 0.05) is 18.3 Å². The van der Waals surface area contributed by atoms with Crippen LogP contribution in [0.3, 0.4) is 0 Å². The first-order valence-corrected chi connectivity index (χ1v) is 10.9. The number of aromatic hydroxyl groups is 1. The molecule has 0 saturated heterocycles. The highest BCUT2D eigenvalue weighted by Gasteiger charge is 2.64. The zero-order valence-electron chi connectivity index (χ0n) is 18.5. The number of amides is 1. The van der Waals surface area contributed by atoms with E-state index < -0.39 is 81.7 Å². The molecule has 9 nitrogen and oxygen atoms in total.